The lowest BCUT2D eigenvalue weighted by Gasteiger charge is -2.33. The van der Waals surface area contributed by atoms with E-state index in [0.29, 0.717) is 35.6 Å². The van der Waals surface area contributed by atoms with Crippen molar-refractivity contribution in [3.8, 4) is 11.5 Å². The van der Waals surface area contributed by atoms with Crippen LogP contribution < -0.4 is 4.90 Å². The molecular weight excluding hydrogens is 500 g/mol. The van der Waals surface area contributed by atoms with Gasteiger partial charge in [0.2, 0.25) is 11.8 Å². The summed E-state index contributed by atoms with van der Waals surface area (Å²) >= 11 is 0. The van der Waals surface area contributed by atoms with Crippen LogP contribution in [0.2, 0.25) is 0 Å². The summed E-state index contributed by atoms with van der Waals surface area (Å²) in [6.45, 7) is 0. The normalized spacial score (nSPS) is 17.7. The number of anilines is 1. The first-order valence-corrected chi connectivity index (χ1v) is 12.8. The van der Waals surface area contributed by atoms with E-state index < -0.39 is 28.7 Å². The van der Waals surface area contributed by atoms with Gasteiger partial charge in [-0.05, 0) is 55.3 Å². The Balaban J connectivity index is 1.28. The van der Waals surface area contributed by atoms with Crippen molar-refractivity contribution in [1.29, 1.82) is 0 Å². The van der Waals surface area contributed by atoms with E-state index in [1.807, 2.05) is 24.3 Å². The minimum Gasteiger partial charge on any atom is -0.436 e. The molecule has 0 spiro atoms. The van der Waals surface area contributed by atoms with E-state index in [4.69, 9.17) is 4.42 Å². The number of nitro benzene ring substituents is 1. The maximum atomic E-state index is 13.7. The number of non-ortho nitro benzene ring substituents is 1. The van der Waals surface area contributed by atoms with Crippen molar-refractivity contribution in [3.63, 3.8) is 0 Å². The van der Waals surface area contributed by atoms with Crippen molar-refractivity contribution >= 4 is 40.2 Å². The maximum absolute atomic E-state index is 13.7. The summed E-state index contributed by atoms with van der Waals surface area (Å²) in [6.07, 6.45) is 3.07. The minimum atomic E-state index is -0.982. The Labute approximate surface area is 223 Å². The lowest BCUT2D eigenvalue weighted by molar-refractivity contribution is -0.384. The number of fused-ring (bicyclic) bond motifs is 1. The van der Waals surface area contributed by atoms with Gasteiger partial charge in [0, 0.05) is 29.3 Å². The van der Waals surface area contributed by atoms with E-state index in [1.54, 1.807) is 24.3 Å². The molecule has 1 unspecified atom stereocenters. The third-order valence-electron chi connectivity index (χ3n) is 7.38. The Morgan fingerprint density at radius 2 is 1.74 bits per heavy atom. The van der Waals surface area contributed by atoms with Gasteiger partial charge in [-0.2, -0.15) is 0 Å². The number of carbonyl (C=O) groups excluding carboxylic acids is 3. The van der Waals surface area contributed by atoms with Gasteiger partial charge in [0.1, 0.15) is 11.6 Å². The number of nitro groups is 1. The van der Waals surface area contributed by atoms with Gasteiger partial charge in [0.05, 0.1) is 17.0 Å². The second-order valence-corrected chi connectivity index (χ2v) is 9.78. The highest BCUT2D eigenvalue weighted by Crippen LogP contribution is 2.34. The molecule has 0 bridgehead atoms. The maximum Gasteiger partial charge on any atom is 0.270 e. The lowest BCUT2D eigenvalue weighted by Crippen LogP contribution is -2.50. The van der Waals surface area contributed by atoms with E-state index in [-0.39, 0.29) is 23.7 Å². The molecule has 2 heterocycles. The third-order valence-corrected chi connectivity index (χ3v) is 7.38. The first-order chi connectivity index (χ1) is 18.9. The summed E-state index contributed by atoms with van der Waals surface area (Å²) in [6, 6.07) is 18.5. The predicted molar refractivity (Wildman–Crippen MR) is 142 cm³/mol. The number of carbonyl (C=O) groups is 3. The summed E-state index contributed by atoms with van der Waals surface area (Å²) in [5.74, 6) is -0.950. The Morgan fingerprint density at radius 3 is 2.46 bits per heavy atom. The number of para-hydroxylation sites is 2. The first kappa shape index (κ1) is 24.5. The van der Waals surface area contributed by atoms with Gasteiger partial charge in [-0.1, -0.05) is 31.0 Å². The Kier molecular flexibility index (Phi) is 6.14. The van der Waals surface area contributed by atoms with Crippen LogP contribution in [0.1, 0.15) is 42.5 Å². The van der Waals surface area contributed by atoms with Crippen LogP contribution in [0.15, 0.2) is 77.2 Å². The molecule has 0 radical (unpaired) electrons. The fourth-order valence-electron chi connectivity index (χ4n) is 5.50. The second kappa shape index (κ2) is 9.79. The highest BCUT2D eigenvalue weighted by Gasteiger charge is 2.47. The second-order valence-electron chi connectivity index (χ2n) is 9.78. The molecule has 1 atom stereocenters. The van der Waals surface area contributed by atoms with Crippen molar-refractivity contribution in [1.82, 2.24) is 9.88 Å². The fraction of sp³-hybridized carbons (Fsp3) is 0.241. The van der Waals surface area contributed by atoms with Crippen LogP contribution in [0, 0.1) is 10.1 Å². The molecule has 2 aliphatic rings. The van der Waals surface area contributed by atoms with Gasteiger partial charge in [0.15, 0.2) is 5.58 Å². The molecule has 196 valence electrons. The van der Waals surface area contributed by atoms with Crippen LogP contribution in [0.5, 0.6) is 0 Å². The van der Waals surface area contributed by atoms with E-state index in [9.17, 15) is 24.5 Å². The molecule has 1 aromatic heterocycles. The van der Waals surface area contributed by atoms with Gasteiger partial charge in [-0.15, -0.1) is 0 Å². The summed E-state index contributed by atoms with van der Waals surface area (Å²) < 4.78 is 5.81. The van der Waals surface area contributed by atoms with Crippen LogP contribution in [0.4, 0.5) is 11.4 Å². The van der Waals surface area contributed by atoms with E-state index >= 15 is 0 Å². The largest absolute Gasteiger partial charge is 0.436 e. The average Bonchev–Trinajstić information content (AvgIpc) is 3.69. The van der Waals surface area contributed by atoms with Gasteiger partial charge < -0.3 is 9.32 Å². The van der Waals surface area contributed by atoms with Crippen LogP contribution in [0.25, 0.3) is 22.6 Å². The zero-order valence-electron chi connectivity index (χ0n) is 20.9. The average molecular weight is 525 g/mol. The van der Waals surface area contributed by atoms with E-state index in [2.05, 4.69) is 4.98 Å². The Hall–Kier alpha value is -4.86. The highest BCUT2D eigenvalue weighted by atomic mass is 16.6. The number of hydrogen-bond acceptors (Lipinski definition) is 7. The van der Waals surface area contributed by atoms with Gasteiger partial charge in [-0.25, -0.2) is 9.88 Å². The number of oxazole rings is 1. The smallest absolute Gasteiger partial charge is 0.270 e. The summed E-state index contributed by atoms with van der Waals surface area (Å²) in [5.41, 5.74) is 2.38. The Morgan fingerprint density at radius 1 is 1.00 bits per heavy atom. The lowest BCUT2D eigenvalue weighted by atomic mass is 10.1. The SMILES string of the molecule is O=C1CC(N(C(=O)c2cccc([N+](=O)[O-])c2)C2CCCC2)C(=O)N1c1ccc(-c2nc3ccccc3o2)cc1. The standard InChI is InChI=1S/C29H24N4O6/c34-26-17-24(31(20-7-1-2-8-20)28(35)19-6-5-9-22(16-19)33(37)38)29(36)32(26)21-14-12-18(13-15-21)27-30-23-10-3-4-11-25(23)39-27/h3-6,9-16,20,24H,1-2,7-8,17H2. The number of aromatic nitrogens is 1. The predicted octanol–water partition coefficient (Wildman–Crippen LogP) is 5.12. The molecule has 3 amide bonds. The molecule has 1 saturated carbocycles. The quantitative estimate of drug-likeness (QED) is 0.195. The van der Waals surface area contributed by atoms with Gasteiger partial charge in [0.25, 0.3) is 17.5 Å². The van der Waals surface area contributed by atoms with E-state index in [0.717, 1.165) is 23.3 Å². The van der Waals surface area contributed by atoms with Crippen LogP contribution >= 0.6 is 0 Å². The molecule has 10 heteroatoms. The molecule has 6 rings (SSSR count). The molecule has 10 nitrogen and oxygen atoms in total. The van der Waals surface area contributed by atoms with Crippen molar-refractivity contribution in [2.24, 2.45) is 0 Å². The van der Waals surface area contributed by atoms with Gasteiger partial charge >= 0.3 is 0 Å². The number of benzene rings is 3. The number of nitrogens with zero attached hydrogens (tertiary/aromatic N) is 4. The van der Waals surface area contributed by atoms with Crippen LogP contribution in [-0.2, 0) is 9.59 Å². The zero-order valence-corrected chi connectivity index (χ0v) is 20.9. The minimum absolute atomic E-state index is 0.123. The van der Waals surface area contributed by atoms with Gasteiger partial charge in [-0.3, -0.25) is 24.5 Å². The highest BCUT2D eigenvalue weighted by molar-refractivity contribution is 6.23. The van der Waals surface area contributed by atoms with Crippen LogP contribution in [0.3, 0.4) is 0 Å². The monoisotopic (exact) mass is 524 g/mol. The van der Waals surface area contributed by atoms with Crippen molar-refractivity contribution < 1.29 is 23.7 Å². The van der Waals surface area contributed by atoms with Crippen molar-refractivity contribution in [3.05, 3.63) is 88.5 Å². The van der Waals surface area contributed by atoms with Crippen molar-refractivity contribution in [2.75, 3.05) is 4.90 Å². The summed E-state index contributed by atoms with van der Waals surface area (Å²) in [5, 5.41) is 11.3. The molecule has 1 aliphatic heterocycles. The number of imide groups is 1. The molecule has 1 saturated heterocycles. The van der Waals surface area contributed by atoms with Crippen molar-refractivity contribution in [2.45, 2.75) is 44.2 Å². The molecular formula is C29H24N4O6. The number of amides is 3. The topological polar surface area (TPSA) is 127 Å². The first-order valence-electron chi connectivity index (χ1n) is 12.8. The molecule has 2 fully saturated rings. The molecule has 39 heavy (non-hydrogen) atoms. The number of hydrogen-bond donors (Lipinski definition) is 0. The molecule has 1 aliphatic carbocycles. The zero-order chi connectivity index (χ0) is 27.1. The molecule has 4 aromatic rings. The third kappa shape index (κ3) is 4.43. The summed E-state index contributed by atoms with van der Waals surface area (Å²) in [7, 11) is 0. The molecule has 3 aromatic carbocycles. The fourth-order valence-corrected chi connectivity index (χ4v) is 5.50. The van der Waals surface area contributed by atoms with E-state index in [1.165, 1.54) is 29.2 Å². The summed E-state index contributed by atoms with van der Waals surface area (Å²) in [4.78, 5) is 58.3. The van der Waals surface area contributed by atoms with Crippen LogP contribution in [-0.4, -0.2) is 44.6 Å². The number of rotatable bonds is 6. The Bertz CT molecular complexity index is 1570. The molecule has 0 N–H and O–H groups in total.